The zero-order chi connectivity index (χ0) is 10.2. The molecule has 0 aromatic rings. The van der Waals surface area contributed by atoms with E-state index in [9.17, 15) is 4.79 Å². The van der Waals surface area contributed by atoms with Crippen LogP contribution in [0.5, 0.6) is 0 Å². The predicted octanol–water partition coefficient (Wildman–Crippen LogP) is 1.64. The van der Waals surface area contributed by atoms with Crippen molar-refractivity contribution >= 4 is 6.08 Å². The van der Waals surface area contributed by atoms with E-state index in [2.05, 4.69) is 11.9 Å². The highest BCUT2D eigenvalue weighted by Gasteiger charge is 2.23. The first-order valence-corrected chi connectivity index (χ1v) is 5.17. The maximum Gasteiger partial charge on any atom is 0.237 e. The van der Waals surface area contributed by atoms with Crippen LogP contribution >= 0.6 is 0 Å². The van der Waals surface area contributed by atoms with E-state index in [0.717, 1.165) is 32.3 Å². The van der Waals surface area contributed by atoms with Gasteiger partial charge in [-0.1, -0.05) is 19.8 Å². The molecule has 0 radical (unpaired) electrons. The van der Waals surface area contributed by atoms with Gasteiger partial charge in [0.1, 0.15) is 6.10 Å². The van der Waals surface area contributed by atoms with Gasteiger partial charge < -0.3 is 9.47 Å². The molecule has 1 saturated heterocycles. The van der Waals surface area contributed by atoms with E-state index in [4.69, 9.17) is 9.47 Å². The Morgan fingerprint density at radius 1 is 1.64 bits per heavy atom. The Morgan fingerprint density at radius 3 is 3.00 bits per heavy atom. The van der Waals surface area contributed by atoms with Gasteiger partial charge in [0.2, 0.25) is 6.08 Å². The van der Waals surface area contributed by atoms with Crippen molar-refractivity contribution in [3.63, 3.8) is 0 Å². The largest absolute Gasteiger partial charge is 0.371 e. The SMILES string of the molecule is CCCCCC(N=C=O)OCC1CO1. The van der Waals surface area contributed by atoms with Gasteiger partial charge >= 0.3 is 0 Å². The molecular formula is C10H17NO3. The molecule has 4 nitrogen and oxygen atoms in total. The average Bonchev–Trinajstić information content (AvgIpc) is 2.98. The summed E-state index contributed by atoms with van der Waals surface area (Å²) in [5.41, 5.74) is 0. The van der Waals surface area contributed by atoms with E-state index in [-0.39, 0.29) is 12.3 Å². The first kappa shape index (κ1) is 11.4. The maximum atomic E-state index is 10.1. The molecule has 1 fully saturated rings. The van der Waals surface area contributed by atoms with Gasteiger partial charge in [0.15, 0.2) is 6.23 Å². The molecule has 0 aromatic heterocycles. The van der Waals surface area contributed by atoms with E-state index in [1.165, 1.54) is 0 Å². The van der Waals surface area contributed by atoms with Crippen molar-refractivity contribution in [2.45, 2.75) is 44.9 Å². The highest BCUT2D eigenvalue weighted by Crippen LogP contribution is 2.13. The van der Waals surface area contributed by atoms with E-state index in [1.54, 1.807) is 6.08 Å². The van der Waals surface area contributed by atoms with E-state index in [1.807, 2.05) is 0 Å². The van der Waals surface area contributed by atoms with Crippen LogP contribution in [0.1, 0.15) is 32.6 Å². The minimum atomic E-state index is -0.316. The van der Waals surface area contributed by atoms with Gasteiger partial charge in [0.05, 0.1) is 13.2 Å². The van der Waals surface area contributed by atoms with Crippen LogP contribution in [-0.4, -0.2) is 31.6 Å². The van der Waals surface area contributed by atoms with Crippen molar-refractivity contribution in [3.05, 3.63) is 0 Å². The van der Waals surface area contributed by atoms with Gasteiger partial charge in [0, 0.05) is 0 Å². The third-order valence-corrected chi connectivity index (χ3v) is 2.13. The monoisotopic (exact) mass is 199 g/mol. The lowest BCUT2D eigenvalue weighted by Crippen LogP contribution is -2.13. The van der Waals surface area contributed by atoms with Crippen LogP contribution in [0.4, 0.5) is 0 Å². The summed E-state index contributed by atoms with van der Waals surface area (Å²) in [4.78, 5) is 13.7. The van der Waals surface area contributed by atoms with Gasteiger partial charge in [-0.3, -0.25) is 0 Å². The molecule has 0 bridgehead atoms. The third kappa shape index (κ3) is 5.12. The topological polar surface area (TPSA) is 51.2 Å². The molecule has 2 atom stereocenters. The summed E-state index contributed by atoms with van der Waals surface area (Å²) < 4.78 is 10.4. The van der Waals surface area contributed by atoms with Crippen molar-refractivity contribution in [2.24, 2.45) is 4.99 Å². The van der Waals surface area contributed by atoms with Crippen LogP contribution in [0.2, 0.25) is 0 Å². The zero-order valence-electron chi connectivity index (χ0n) is 8.57. The van der Waals surface area contributed by atoms with Crippen LogP contribution in [0.15, 0.2) is 4.99 Å². The lowest BCUT2D eigenvalue weighted by molar-refractivity contribution is 0.0416. The molecule has 0 aromatic carbocycles. The Labute approximate surface area is 84.3 Å². The summed E-state index contributed by atoms with van der Waals surface area (Å²) in [6.45, 7) is 3.45. The molecule has 0 saturated carbocycles. The minimum Gasteiger partial charge on any atom is -0.371 e. The molecule has 4 heteroatoms. The first-order chi connectivity index (χ1) is 6.86. The summed E-state index contributed by atoms with van der Waals surface area (Å²) in [5.74, 6) is 0. The van der Waals surface area contributed by atoms with Gasteiger partial charge in [0.25, 0.3) is 0 Å². The first-order valence-electron chi connectivity index (χ1n) is 5.17. The number of hydrogen-bond donors (Lipinski definition) is 0. The zero-order valence-corrected chi connectivity index (χ0v) is 8.57. The molecule has 0 amide bonds. The molecule has 0 aliphatic carbocycles. The van der Waals surface area contributed by atoms with Crippen LogP contribution in [0.25, 0.3) is 0 Å². The number of unbranched alkanes of at least 4 members (excludes halogenated alkanes) is 2. The molecule has 80 valence electrons. The molecular weight excluding hydrogens is 182 g/mol. The fourth-order valence-corrected chi connectivity index (χ4v) is 1.20. The van der Waals surface area contributed by atoms with Gasteiger partial charge in [-0.05, 0) is 12.8 Å². The molecule has 1 heterocycles. The predicted molar refractivity (Wildman–Crippen MR) is 51.7 cm³/mol. The van der Waals surface area contributed by atoms with Gasteiger partial charge in [-0.15, -0.1) is 0 Å². The summed E-state index contributed by atoms with van der Waals surface area (Å²) in [6, 6.07) is 0. The Bertz CT molecular complexity index is 198. The van der Waals surface area contributed by atoms with E-state index >= 15 is 0 Å². The molecule has 1 rings (SSSR count). The summed E-state index contributed by atoms with van der Waals surface area (Å²) in [6.07, 6.45) is 5.60. The number of carbonyl (C=O) groups excluding carboxylic acids is 1. The molecule has 1 aliphatic rings. The van der Waals surface area contributed by atoms with Crippen molar-refractivity contribution in [2.75, 3.05) is 13.2 Å². The molecule has 0 spiro atoms. The van der Waals surface area contributed by atoms with Crippen molar-refractivity contribution in [1.82, 2.24) is 0 Å². The Kier molecular flexibility index (Phi) is 5.45. The minimum absolute atomic E-state index is 0.227. The summed E-state index contributed by atoms with van der Waals surface area (Å²) in [5, 5.41) is 0. The lowest BCUT2D eigenvalue weighted by atomic mass is 10.2. The summed E-state index contributed by atoms with van der Waals surface area (Å²) >= 11 is 0. The maximum absolute atomic E-state index is 10.1. The normalized spacial score (nSPS) is 21.4. The van der Waals surface area contributed by atoms with Crippen molar-refractivity contribution < 1.29 is 14.3 Å². The number of rotatable bonds is 8. The molecule has 14 heavy (non-hydrogen) atoms. The fraction of sp³-hybridized carbons (Fsp3) is 0.900. The van der Waals surface area contributed by atoms with Crippen LogP contribution in [-0.2, 0) is 14.3 Å². The second-order valence-electron chi connectivity index (χ2n) is 3.46. The number of hydrogen-bond acceptors (Lipinski definition) is 4. The van der Waals surface area contributed by atoms with Crippen molar-refractivity contribution in [1.29, 1.82) is 0 Å². The Balaban J connectivity index is 2.11. The highest BCUT2D eigenvalue weighted by molar-refractivity contribution is 5.33. The Morgan fingerprint density at radius 2 is 2.43 bits per heavy atom. The van der Waals surface area contributed by atoms with Gasteiger partial charge in [-0.25, -0.2) is 4.79 Å². The number of ether oxygens (including phenoxy) is 2. The van der Waals surface area contributed by atoms with Crippen molar-refractivity contribution in [3.8, 4) is 0 Å². The number of isocyanates is 1. The molecule has 2 unspecified atom stereocenters. The quantitative estimate of drug-likeness (QED) is 0.258. The van der Waals surface area contributed by atoms with E-state index in [0.29, 0.717) is 6.61 Å². The molecule has 1 aliphatic heterocycles. The number of aliphatic imine (C=N–C) groups is 1. The van der Waals surface area contributed by atoms with E-state index < -0.39 is 0 Å². The lowest BCUT2D eigenvalue weighted by Gasteiger charge is -2.10. The Hall–Kier alpha value is -0.700. The van der Waals surface area contributed by atoms with Crippen LogP contribution < -0.4 is 0 Å². The number of epoxide rings is 1. The van der Waals surface area contributed by atoms with Gasteiger partial charge in [-0.2, -0.15) is 4.99 Å². The van der Waals surface area contributed by atoms with Crippen LogP contribution in [0, 0.1) is 0 Å². The second-order valence-corrected chi connectivity index (χ2v) is 3.46. The standard InChI is InChI=1S/C10H17NO3/c1-2-3-4-5-10(11-8-12)14-7-9-6-13-9/h9-10H,2-7H2,1H3. The second kappa shape index (κ2) is 6.71. The highest BCUT2D eigenvalue weighted by atomic mass is 16.6. The van der Waals surface area contributed by atoms with Crippen LogP contribution in [0.3, 0.4) is 0 Å². The average molecular weight is 199 g/mol. The summed E-state index contributed by atoms with van der Waals surface area (Å²) in [7, 11) is 0. The fourth-order valence-electron chi connectivity index (χ4n) is 1.20. The number of nitrogens with zero attached hydrogens (tertiary/aromatic N) is 1. The smallest absolute Gasteiger partial charge is 0.237 e. The third-order valence-electron chi connectivity index (χ3n) is 2.13. The molecule has 0 N–H and O–H groups in total.